The molecule has 1 aromatic rings. The van der Waals surface area contributed by atoms with Gasteiger partial charge in [-0.15, -0.1) is 0 Å². The molecule has 7 heteroatoms. The lowest BCUT2D eigenvalue weighted by Gasteiger charge is -2.50. The molecule has 26 heavy (non-hydrogen) atoms. The van der Waals surface area contributed by atoms with E-state index >= 15 is 0 Å². The maximum absolute atomic E-state index is 14.5. The number of hydrogen-bond acceptors (Lipinski definition) is 4. The molecule has 3 aliphatic rings. The number of halogens is 1. The highest BCUT2D eigenvalue weighted by Gasteiger charge is 2.63. The van der Waals surface area contributed by atoms with E-state index < -0.39 is 29.3 Å². The lowest BCUT2D eigenvalue weighted by atomic mass is 9.68. The minimum Gasteiger partial charge on any atom is -0.364 e. The van der Waals surface area contributed by atoms with Crippen LogP contribution >= 0.6 is 0 Å². The van der Waals surface area contributed by atoms with E-state index in [1.807, 2.05) is 11.8 Å². The lowest BCUT2D eigenvalue weighted by Crippen LogP contribution is -2.72. The van der Waals surface area contributed by atoms with Crippen molar-refractivity contribution in [2.75, 3.05) is 11.4 Å². The van der Waals surface area contributed by atoms with E-state index in [4.69, 9.17) is 0 Å². The van der Waals surface area contributed by atoms with Gasteiger partial charge in [0.25, 0.3) is 0 Å². The molecule has 3 unspecified atom stereocenters. The molecule has 2 saturated heterocycles. The van der Waals surface area contributed by atoms with Gasteiger partial charge in [0, 0.05) is 12.6 Å². The average molecular weight is 359 g/mol. The van der Waals surface area contributed by atoms with Gasteiger partial charge in [0.1, 0.15) is 5.82 Å². The topological polar surface area (TPSA) is 69.7 Å². The molecule has 1 aromatic carbocycles. The first kappa shape index (κ1) is 17.0. The van der Waals surface area contributed by atoms with Crippen LogP contribution < -0.4 is 10.2 Å². The average Bonchev–Trinajstić information content (AvgIpc) is 3.09. The molecule has 3 heterocycles. The maximum Gasteiger partial charge on any atom is 0.331 e. The number of barbiturate groups is 1. The molecular formula is C19H22FN3O3. The van der Waals surface area contributed by atoms with Crippen LogP contribution in [0.2, 0.25) is 0 Å². The van der Waals surface area contributed by atoms with Crippen LogP contribution in [-0.4, -0.2) is 41.4 Å². The van der Waals surface area contributed by atoms with E-state index in [-0.39, 0.29) is 18.3 Å². The van der Waals surface area contributed by atoms with Gasteiger partial charge in [-0.3, -0.25) is 19.8 Å². The van der Waals surface area contributed by atoms with E-state index in [0.29, 0.717) is 30.6 Å². The summed E-state index contributed by atoms with van der Waals surface area (Å²) in [5.74, 6) is -1.34. The normalized spacial score (nSPS) is 28.9. The molecule has 2 fully saturated rings. The van der Waals surface area contributed by atoms with Gasteiger partial charge in [0.05, 0.1) is 11.7 Å². The Balaban J connectivity index is 1.88. The molecule has 0 saturated carbocycles. The number of benzene rings is 1. The minimum absolute atomic E-state index is 0.117. The van der Waals surface area contributed by atoms with Gasteiger partial charge in [-0.25, -0.2) is 9.18 Å². The van der Waals surface area contributed by atoms with Gasteiger partial charge in [0.2, 0.25) is 11.8 Å². The second-order valence-corrected chi connectivity index (χ2v) is 7.44. The first-order valence-electron chi connectivity index (χ1n) is 9.15. The van der Waals surface area contributed by atoms with E-state index in [2.05, 4.69) is 5.32 Å². The zero-order chi connectivity index (χ0) is 18.6. The van der Waals surface area contributed by atoms with Crippen molar-refractivity contribution >= 4 is 23.5 Å². The van der Waals surface area contributed by atoms with Crippen molar-refractivity contribution in [2.24, 2.45) is 5.41 Å². The van der Waals surface area contributed by atoms with Crippen molar-refractivity contribution in [1.29, 1.82) is 0 Å². The van der Waals surface area contributed by atoms with Gasteiger partial charge in [-0.05, 0) is 44.2 Å². The number of carbonyl (C=O) groups is 3. The molecule has 1 N–H and O–H groups in total. The Morgan fingerprint density at radius 2 is 2.12 bits per heavy atom. The Kier molecular flexibility index (Phi) is 3.78. The molecule has 0 aliphatic carbocycles. The van der Waals surface area contributed by atoms with Gasteiger partial charge in [-0.1, -0.05) is 19.1 Å². The smallest absolute Gasteiger partial charge is 0.331 e. The van der Waals surface area contributed by atoms with E-state index in [1.54, 1.807) is 19.1 Å². The lowest BCUT2D eigenvalue weighted by molar-refractivity contribution is -0.154. The summed E-state index contributed by atoms with van der Waals surface area (Å²) in [4.78, 5) is 41.8. The SMILES string of the molecule is CCC(C)N1C(=O)NC(=O)C2(Cc3cccc(F)c3N3CCCC32)C1=O. The Hall–Kier alpha value is -2.44. The zero-order valence-electron chi connectivity index (χ0n) is 14.9. The van der Waals surface area contributed by atoms with Gasteiger partial charge in [-0.2, -0.15) is 0 Å². The Labute approximate surface area is 151 Å². The predicted molar refractivity (Wildman–Crippen MR) is 93.0 cm³/mol. The highest BCUT2D eigenvalue weighted by Crippen LogP contribution is 2.49. The molecule has 0 radical (unpaired) electrons. The van der Waals surface area contributed by atoms with Crippen molar-refractivity contribution in [1.82, 2.24) is 10.2 Å². The largest absolute Gasteiger partial charge is 0.364 e. The molecular weight excluding hydrogens is 337 g/mol. The van der Waals surface area contributed by atoms with Crippen LogP contribution in [-0.2, 0) is 16.0 Å². The molecule has 6 nitrogen and oxygen atoms in total. The number of nitrogens with zero attached hydrogens (tertiary/aromatic N) is 2. The number of para-hydroxylation sites is 1. The summed E-state index contributed by atoms with van der Waals surface area (Å²) in [5, 5.41) is 2.40. The van der Waals surface area contributed by atoms with Gasteiger partial charge >= 0.3 is 6.03 Å². The number of rotatable bonds is 2. The minimum atomic E-state index is -1.38. The summed E-state index contributed by atoms with van der Waals surface area (Å²) in [6, 6.07) is 3.37. The second-order valence-electron chi connectivity index (χ2n) is 7.44. The monoisotopic (exact) mass is 359 g/mol. The molecule has 4 rings (SSSR count). The molecule has 3 aliphatic heterocycles. The Bertz CT molecular complexity index is 811. The molecule has 0 bridgehead atoms. The summed E-state index contributed by atoms with van der Waals surface area (Å²) in [6.07, 6.45) is 2.11. The van der Waals surface area contributed by atoms with Crippen LogP contribution in [0, 0.1) is 11.2 Å². The number of hydrogen-bond donors (Lipinski definition) is 1. The summed E-state index contributed by atoms with van der Waals surface area (Å²) in [5.41, 5.74) is -0.243. The van der Waals surface area contributed by atoms with E-state index in [9.17, 15) is 18.8 Å². The molecule has 138 valence electrons. The third-order valence-corrected chi connectivity index (χ3v) is 6.12. The van der Waals surface area contributed by atoms with Crippen LogP contribution in [0.1, 0.15) is 38.7 Å². The number of imide groups is 2. The van der Waals surface area contributed by atoms with Crippen LogP contribution in [0.15, 0.2) is 18.2 Å². The van der Waals surface area contributed by atoms with Crippen LogP contribution in [0.3, 0.4) is 0 Å². The van der Waals surface area contributed by atoms with Crippen LogP contribution in [0.25, 0.3) is 0 Å². The second kappa shape index (κ2) is 5.79. The fraction of sp³-hybridized carbons (Fsp3) is 0.526. The van der Waals surface area contributed by atoms with Crippen LogP contribution in [0.4, 0.5) is 14.9 Å². The highest BCUT2D eigenvalue weighted by molar-refractivity contribution is 6.20. The van der Waals surface area contributed by atoms with Gasteiger partial charge < -0.3 is 4.90 Å². The fourth-order valence-corrected chi connectivity index (χ4v) is 4.70. The molecule has 0 aromatic heterocycles. The summed E-state index contributed by atoms with van der Waals surface area (Å²) < 4.78 is 14.5. The maximum atomic E-state index is 14.5. The standard InChI is InChI=1S/C19H22FN3O3/c1-3-11(2)23-17(25)19(16(24)21-18(23)26)10-12-6-4-7-13(20)15(12)22-9-5-8-14(19)22/h4,6-7,11,14H,3,5,8-10H2,1-2H3,(H,21,24,26). The number of anilines is 1. The van der Waals surface area contributed by atoms with Crippen molar-refractivity contribution in [3.8, 4) is 0 Å². The van der Waals surface area contributed by atoms with Crippen LogP contribution in [0.5, 0.6) is 0 Å². The molecule has 1 spiro atoms. The predicted octanol–water partition coefficient (Wildman–Crippen LogP) is 2.21. The van der Waals surface area contributed by atoms with Crippen molar-refractivity contribution in [3.05, 3.63) is 29.6 Å². The van der Waals surface area contributed by atoms with E-state index in [1.165, 1.54) is 11.0 Å². The Morgan fingerprint density at radius 1 is 1.35 bits per heavy atom. The Morgan fingerprint density at radius 3 is 2.85 bits per heavy atom. The van der Waals surface area contributed by atoms with Crippen molar-refractivity contribution in [3.63, 3.8) is 0 Å². The third kappa shape index (κ3) is 2.06. The fourth-order valence-electron chi connectivity index (χ4n) is 4.70. The quantitative estimate of drug-likeness (QED) is 0.822. The molecule has 4 amide bonds. The molecule has 3 atom stereocenters. The van der Waals surface area contributed by atoms with Gasteiger partial charge in [0.15, 0.2) is 5.41 Å². The van der Waals surface area contributed by atoms with Crippen molar-refractivity contribution in [2.45, 2.75) is 51.6 Å². The highest BCUT2D eigenvalue weighted by atomic mass is 19.1. The number of carbonyl (C=O) groups excluding carboxylic acids is 3. The summed E-state index contributed by atoms with van der Waals surface area (Å²) in [6.45, 7) is 4.28. The number of amides is 4. The number of urea groups is 1. The zero-order valence-corrected chi connectivity index (χ0v) is 14.9. The summed E-state index contributed by atoms with van der Waals surface area (Å²) >= 11 is 0. The summed E-state index contributed by atoms with van der Waals surface area (Å²) in [7, 11) is 0. The number of fused-ring (bicyclic) bond motifs is 4. The first-order valence-corrected chi connectivity index (χ1v) is 9.15. The third-order valence-electron chi connectivity index (χ3n) is 6.12. The number of nitrogens with one attached hydrogen (secondary N) is 1. The first-order chi connectivity index (χ1) is 12.4. The van der Waals surface area contributed by atoms with Crippen molar-refractivity contribution < 1.29 is 18.8 Å². The van der Waals surface area contributed by atoms with E-state index in [0.717, 1.165) is 6.42 Å².